The summed E-state index contributed by atoms with van der Waals surface area (Å²) in [6, 6.07) is 7.92. The number of likely N-dealkylation sites (tertiary alicyclic amines) is 1. The SMILES string of the molecule is O=C(COc1ccccc1CNCCc1cn2ccsc2n1)N1CCCCC1. The van der Waals surface area contributed by atoms with E-state index in [1.54, 1.807) is 11.3 Å². The molecular formula is C21H26N4O2S. The molecule has 1 aliphatic heterocycles. The molecule has 1 aliphatic rings. The number of nitrogens with zero attached hydrogens (tertiary/aromatic N) is 3. The molecule has 148 valence electrons. The highest BCUT2D eigenvalue weighted by atomic mass is 32.1. The van der Waals surface area contributed by atoms with Crippen LogP contribution < -0.4 is 10.1 Å². The van der Waals surface area contributed by atoms with E-state index in [-0.39, 0.29) is 12.5 Å². The fourth-order valence-corrected chi connectivity index (χ4v) is 4.22. The molecule has 0 spiro atoms. The van der Waals surface area contributed by atoms with Crippen molar-refractivity contribution in [2.45, 2.75) is 32.2 Å². The van der Waals surface area contributed by atoms with Gasteiger partial charge in [0.25, 0.3) is 5.91 Å². The van der Waals surface area contributed by atoms with Gasteiger partial charge in [-0.2, -0.15) is 0 Å². The lowest BCUT2D eigenvalue weighted by atomic mass is 10.1. The molecule has 0 aliphatic carbocycles. The molecule has 0 saturated carbocycles. The summed E-state index contributed by atoms with van der Waals surface area (Å²) < 4.78 is 7.91. The quantitative estimate of drug-likeness (QED) is 0.593. The molecule has 6 nitrogen and oxygen atoms in total. The molecule has 1 aromatic carbocycles. The first kappa shape index (κ1) is 19.0. The largest absolute Gasteiger partial charge is 0.483 e. The second kappa shape index (κ2) is 9.21. The fourth-order valence-electron chi connectivity index (χ4n) is 3.50. The van der Waals surface area contributed by atoms with E-state index in [1.165, 1.54) is 6.42 Å². The Bertz CT molecular complexity index is 885. The van der Waals surface area contributed by atoms with Crippen molar-refractivity contribution in [1.82, 2.24) is 19.6 Å². The zero-order valence-corrected chi connectivity index (χ0v) is 16.8. The maximum atomic E-state index is 12.3. The summed E-state index contributed by atoms with van der Waals surface area (Å²) >= 11 is 1.65. The zero-order chi connectivity index (χ0) is 19.2. The number of aromatic nitrogens is 2. The number of hydrogen-bond donors (Lipinski definition) is 1. The Balaban J connectivity index is 1.25. The molecule has 0 bridgehead atoms. The van der Waals surface area contributed by atoms with Gasteiger partial charge in [-0.05, 0) is 25.3 Å². The number of fused-ring (bicyclic) bond motifs is 1. The number of carbonyl (C=O) groups excluding carboxylic acids is 1. The minimum Gasteiger partial charge on any atom is -0.483 e. The van der Waals surface area contributed by atoms with E-state index in [0.29, 0.717) is 6.54 Å². The Kier molecular flexibility index (Phi) is 6.24. The van der Waals surface area contributed by atoms with Crippen LogP contribution in [0.25, 0.3) is 4.96 Å². The van der Waals surface area contributed by atoms with Crippen molar-refractivity contribution in [2.24, 2.45) is 0 Å². The molecule has 1 amide bonds. The predicted octanol–water partition coefficient (Wildman–Crippen LogP) is 3.12. The van der Waals surface area contributed by atoms with Crippen LogP contribution in [-0.4, -0.2) is 46.4 Å². The first-order chi connectivity index (χ1) is 13.8. The Morgan fingerprint density at radius 2 is 2.07 bits per heavy atom. The van der Waals surface area contributed by atoms with E-state index in [9.17, 15) is 4.79 Å². The average molecular weight is 399 g/mol. The van der Waals surface area contributed by atoms with Gasteiger partial charge >= 0.3 is 0 Å². The zero-order valence-electron chi connectivity index (χ0n) is 16.0. The van der Waals surface area contributed by atoms with Crippen molar-refractivity contribution in [2.75, 3.05) is 26.2 Å². The monoisotopic (exact) mass is 398 g/mol. The lowest BCUT2D eigenvalue weighted by Crippen LogP contribution is -2.38. The van der Waals surface area contributed by atoms with Gasteiger partial charge in [0.05, 0.1) is 5.69 Å². The number of benzene rings is 1. The number of imidazole rings is 1. The summed E-state index contributed by atoms with van der Waals surface area (Å²) in [4.78, 5) is 19.9. The van der Waals surface area contributed by atoms with Crippen LogP contribution in [0.15, 0.2) is 42.0 Å². The maximum absolute atomic E-state index is 12.3. The lowest BCUT2D eigenvalue weighted by Gasteiger charge is -2.26. The van der Waals surface area contributed by atoms with Gasteiger partial charge in [0.1, 0.15) is 5.75 Å². The van der Waals surface area contributed by atoms with E-state index in [0.717, 1.165) is 60.9 Å². The topological polar surface area (TPSA) is 58.9 Å². The molecule has 2 aromatic heterocycles. The van der Waals surface area contributed by atoms with Crippen molar-refractivity contribution in [1.29, 1.82) is 0 Å². The van der Waals surface area contributed by atoms with Crippen LogP contribution in [0.2, 0.25) is 0 Å². The van der Waals surface area contributed by atoms with Gasteiger partial charge in [-0.3, -0.25) is 9.20 Å². The first-order valence-corrected chi connectivity index (χ1v) is 10.8. The highest BCUT2D eigenvalue weighted by molar-refractivity contribution is 7.15. The van der Waals surface area contributed by atoms with Gasteiger partial charge < -0.3 is 15.0 Å². The van der Waals surface area contributed by atoms with Crippen LogP contribution in [0.4, 0.5) is 0 Å². The molecule has 1 N–H and O–H groups in total. The minimum atomic E-state index is 0.0854. The maximum Gasteiger partial charge on any atom is 0.260 e. The third-order valence-corrected chi connectivity index (χ3v) is 5.82. The van der Waals surface area contributed by atoms with Crippen LogP contribution in [0, 0.1) is 0 Å². The Morgan fingerprint density at radius 3 is 2.93 bits per heavy atom. The van der Waals surface area contributed by atoms with Crippen LogP contribution in [0.3, 0.4) is 0 Å². The highest BCUT2D eigenvalue weighted by Gasteiger charge is 2.17. The summed E-state index contributed by atoms with van der Waals surface area (Å²) in [6.07, 6.45) is 8.41. The van der Waals surface area contributed by atoms with Gasteiger partial charge in [-0.15, -0.1) is 11.3 Å². The number of ether oxygens (including phenoxy) is 1. The van der Waals surface area contributed by atoms with Gasteiger partial charge in [0, 0.05) is 55.9 Å². The molecule has 0 radical (unpaired) electrons. The third-order valence-electron chi connectivity index (χ3n) is 5.05. The van der Waals surface area contributed by atoms with E-state index in [2.05, 4.69) is 20.9 Å². The number of thiazole rings is 1. The van der Waals surface area contributed by atoms with Gasteiger partial charge in [-0.1, -0.05) is 18.2 Å². The number of hydrogen-bond acceptors (Lipinski definition) is 5. The summed E-state index contributed by atoms with van der Waals surface area (Å²) in [5.41, 5.74) is 2.16. The van der Waals surface area contributed by atoms with Crippen molar-refractivity contribution >= 4 is 22.2 Å². The van der Waals surface area contributed by atoms with Crippen molar-refractivity contribution in [3.05, 3.63) is 53.3 Å². The van der Waals surface area contributed by atoms with Gasteiger partial charge in [-0.25, -0.2) is 4.98 Å². The molecule has 7 heteroatoms. The molecule has 0 atom stereocenters. The van der Waals surface area contributed by atoms with Gasteiger partial charge in [0.2, 0.25) is 0 Å². The Morgan fingerprint density at radius 1 is 1.21 bits per heavy atom. The summed E-state index contributed by atoms with van der Waals surface area (Å²) in [5, 5.41) is 5.50. The van der Waals surface area contributed by atoms with Crippen LogP contribution in [-0.2, 0) is 17.8 Å². The number of para-hydroxylation sites is 1. The summed E-state index contributed by atoms with van der Waals surface area (Å²) in [7, 11) is 0. The smallest absolute Gasteiger partial charge is 0.260 e. The molecule has 3 heterocycles. The molecule has 0 unspecified atom stereocenters. The summed E-state index contributed by atoms with van der Waals surface area (Å²) in [5.74, 6) is 0.866. The molecule has 1 saturated heterocycles. The number of rotatable bonds is 8. The second-order valence-electron chi connectivity index (χ2n) is 7.09. The van der Waals surface area contributed by atoms with Crippen molar-refractivity contribution in [3.63, 3.8) is 0 Å². The molecule has 3 aromatic rings. The number of amides is 1. The fraction of sp³-hybridized carbons (Fsp3) is 0.429. The number of piperidine rings is 1. The Labute approximate surface area is 169 Å². The molecular weight excluding hydrogens is 372 g/mol. The van der Waals surface area contributed by atoms with Gasteiger partial charge in [0.15, 0.2) is 11.6 Å². The Hall–Kier alpha value is -2.38. The molecule has 28 heavy (non-hydrogen) atoms. The highest BCUT2D eigenvalue weighted by Crippen LogP contribution is 2.18. The van der Waals surface area contributed by atoms with E-state index in [1.807, 2.05) is 40.7 Å². The standard InChI is InChI=1S/C21H26N4O2S/c26-20(24-10-4-1-5-11-24)16-27-19-7-3-2-6-17(19)14-22-9-8-18-15-25-12-13-28-21(25)23-18/h2-3,6-7,12-13,15,22H,1,4-5,8-11,14,16H2. The second-order valence-corrected chi connectivity index (χ2v) is 7.96. The molecule has 4 rings (SSSR count). The van der Waals surface area contributed by atoms with Crippen LogP contribution in [0.1, 0.15) is 30.5 Å². The first-order valence-electron chi connectivity index (χ1n) is 9.90. The van der Waals surface area contributed by atoms with Crippen LogP contribution in [0.5, 0.6) is 5.75 Å². The number of nitrogens with one attached hydrogen (secondary N) is 1. The lowest BCUT2D eigenvalue weighted by molar-refractivity contribution is -0.134. The minimum absolute atomic E-state index is 0.0854. The predicted molar refractivity (Wildman–Crippen MR) is 111 cm³/mol. The summed E-state index contributed by atoms with van der Waals surface area (Å²) in [6.45, 7) is 3.37. The van der Waals surface area contributed by atoms with E-state index >= 15 is 0 Å². The van der Waals surface area contributed by atoms with E-state index in [4.69, 9.17) is 4.74 Å². The number of carbonyl (C=O) groups is 1. The third kappa shape index (κ3) is 4.72. The molecule has 1 fully saturated rings. The normalized spacial score (nSPS) is 14.5. The average Bonchev–Trinajstić information content (AvgIpc) is 3.32. The van der Waals surface area contributed by atoms with E-state index < -0.39 is 0 Å². The van der Waals surface area contributed by atoms with Crippen molar-refractivity contribution in [3.8, 4) is 5.75 Å². The van der Waals surface area contributed by atoms with Crippen molar-refractivity contribution < 1.29 is 9.53 Å². The van der Waals surface area contributed by atoms with Crippen LogP contribution >= 0.6 is 11.3 Å².